The molecule has 0 bridgehead atoms. The second-order valence-corrected chi connectivity index (χ2v) is 3.71. The molecule has 4 rings (SSSR count). The van der Waals surface area contributed by atoms with Crippen molar-refractivity contribution in [3.05, 3.63) is 36.9 Å². The summed E-state index contributed by atoms with van der Waals surface area (Å²) in [6.45, 7) is 0. The van der Waals surface area contributed by atoms with E-state index < -0.39 is 0 Å². The molecule has 3 heterocycles. The zero-order chi connectivity index (χ0) is 11.2. The lowest BCUT2D eigenvalue weighted by atomic mass is 10.2. The Labute approximate surface area is 95.1 Å². The van der Waals surface area contributed by atoms with E-state index in [0.717, 1.165) is 27.5 Å². The van der Waals surface area contributed by atoms with Gasteiger partial charge in [-0.15, -0.1) is 0 Å². The van der Waals surface area contributed by atoms with Gasteiger partial charge in [-0.1, -0.05) is 0 Å². The summed E-state index contributed by atoms with van der Waals surface area (Å²) in [5.41, 5.74) is 3.67. The Morgan fingerprint density at radius 2 is 1.47 bits per heavy atom. The fraction of sp³-hybridized carbons (Fsp3) is 0. The van der Waals surface area contributed by atoms with Gasteiger partial charge in [0.1, 0.15) is 11.1 Å². The molecule has 0 amide bonds. The summed E-state index contributed by atoms with van der Waals surface area (Å²) in [4.78, 5) is 16.9. The van der Waals surface area contributed by atoms with Crippen LogP contribution >= 0.6 is 0 Å². The zero-order valence-electron chi connectivity index (χ0n) is 8.66. The molecule has 0 aliphatic rings. The third-order valence-corrected chi connectivity index (χ3v) is 2.70. The largest absolute Gasteiger partial charge is 0.436 e. The molecule has 0 unspecified atom stereocenters. The summed E-state index contributed by atoms with van der Waals surface area (Å²) in [5.74, 6) is 0. The van der Waals surface area contributed by atoms with Gasteiger partial charge in [-0.2, -0.15) is 0 Å². The first-order chi connectivity index (χ1) is 8.42. The third-order valence-electron chi connectivity index (χ3n) is 2.70. The minimum atomic E-state index is 0.540. The third kappa shape index (κ3) is 1.13. The average molecular weight is 222 g/mol. The molecule has 0 aliphatic carbocycles. The van der Waals surface area contributed by atoms with Crippen LogP contribution in [0.25, 0.3) is 33.2 Å². The van der Waals surface area contributed by atoms with Crippen molar-refractivity contribution >= 4 is 33.2 Å². The number of nitrogens with zero attached hydrogens (tertiary/aromatic N) is 4. The highest BCUT2D eigenvalue weighted by atomic mass is 16.3. The molecular formula is C12H6N4O. The van der Waals surface area contributed by atoms with Crippen molar-refractivity contribution in [1.29, 1.82) is 0 Å². The van der Waals surface area contributed by atoms with E-state index in [-0.39, 0.29) is 0 Å². The Hall–Kier alpha value is -2.56. The van der Waals surface area contributed by atoms with Gasteiger partial charge in [0.05, 0.1) is 16.4 Å². The minimum Gasteiger partial charge on any atom is -0.436 e. The van der Waals surface area contributed by atoms with Crippen LogP contribution in [0.4, 0.5) is 0 Å². The van der Waals surface area contributed by atoms with E-state index in [4.69, 9.17) is 4.42 Å². The molecule has 0 N–H and O–H groups in total. The van der Waals surface area contributed by atoms with Gasteiger partial charge in [-0.05, 0) is 6.07 Å². The number of rotatable bonds is 0. The van der Waals surface area contributed by atoms with E-state index in [2.05, 4.69) is 19.9 Å². The number of hydrogen-bond donors (Lipinski definition) is 0. The number of hydrogen-bond acceptors (Lipinski definition) is 5. The molecule has 0 saturated carbocycles. The number of fused-ring (bicyclic) bond motifs is 4. The number of furan rings is 1. The molecule has 0 radical (unpaired) electrons. The van der Waals surface area contributed by atoms with Crippen LogP contribution in [0, 0.1) is 0 Å². The van der Waals surface area contributed by atoms with Crippen LogP contribution in [0.1, 0.15) is 0 Å². The Morgan fingerprint density at radius 3 is 2.35 bits per heavy atom. The monoisotopic (exact) mass is 222 g/mol. The normalized spacial score (nSPS) is 11.5. The number of benzene rings is 1. The van der Waals surface area contributed by atoms with E-state index in [9.17, 15) is 0 Å². The van der Waals surface area contributed by atoms with Crippen LogP contribution in [0.5, 0.6) is 0 Å². The summed E-state index contributed by atoms with van der Waals surface area (Å²) >= 11 is 0. The second-order valence-electron chi connectivity index (χ2n) is 3.71. The Bertz CT molecular complexity index is 847. The highest BCUT2D eigenvalue weighted by Crippen LogP contribution is 2.27. The predicted octanol–water partition coefficient (Wildman–Crippen LogP) is 2.32. The quantitative estimate of drug-likeness (QED) is 0.456. The highest BCUT2D eigenvalue weighted by molar-refractivity contribution is 6.05. The van der Waals surface area contributed by atoms with Gasteiger partial charge in [-0.3, -0.25) is 9.97 Å². The van der Waals surface area contributed by atoms with Crippen molar-refractivity contribution in [1.82, 2.24) is 19.9 Å². The molecule has 5 heteroatoms. The topological polar surface area (TPSA) is 64.7 Å². The predicted molar refractivity (Wildman–Crippen MR) is 62.4 cm³/mol. The molecule has 1 aromatic carbocycles. The van der Waals surface area contributed by atoms with Crippen LogP contribution in [-0.2, 0) is 0 Å². The first-order valence-electron chi connectivity index (χ1n) is 5.16. The van der Waals surface area contributed by atoms with Gasteiger partial charge in [-0.25, -0.2) is 9.97 Å². The first-order valence-corrected chi connectivity index (χ1v) is 5.16. The highest BCUT2D eigenvalue weighted by Gasteiger charge is 2.10. The SMILES string of the molecule is c1cnc2cc3c(cc2n1)oc1nccnc13. The molecule has 5 nitrogen and oxygen atoms in total. The maximum Gasteiger partial charge on any atom is 0.246 e. The van der Waals surface area contributed by atoms with Crippen LogP contribution in [0.2, 0.25) is 0 Å². The van der Waals surface area contributed by atoms with Crippen LogP contribution in [0.15, 0.2) is 41.3 Å². The summed E-state index contributed by atoms with van der Waals surface area (Å²) in [7, 11) is 0. The van der Waals surface area contributed by atoms with Crippen LogP contribution in [-0.4, -0.2) is 19.9 Å². The summed E-state index contributed by atoms with van der Waals surface area (Å²) < 4.78 is 5.62. The lowest BCUT2D eigenvalue weighted by Gasteiger charge is -1.94. The van der Waals surface area contributed by atoms with E-state index in [0.29, 0.717) is 5.71 Å². The molecule has 17 heavy (non-hydrogen) atoms. The Balaban J connectivity index is 2.28. The van der Waals surface area contributed by atoms with Gasteiger partial charge in [0, 0.05) is 30.9 Å². The molecule has 80 valence electrons. The molecule has 0 aliphatic heterocycles. The van der Waals surface area contributed by atoms with Crippen molar-refractivity contribution in [2.75, 3.05) is 0 Å². The summed E-state index contributed by atoms with van der Waals surface area (Å²) in [5, 5.41) is 0.918. The van der Waals surface area contributed by atoms with E-state index >= 15 is 0 Å². The second kappa shape index (κ2) is 2.98. The summed E-state index contributed by atoms with van der Waals surface area (Å²) in [6.07, 6.45) is 6.59. The molecule has 0 saturated heterocycles. The zero-order valence-corrected chi connectivity index (χ0v) is 8.66. The standard InChI is InChI=1S/C12H6N4O/c1-2-14-9-6-10-7(5-8(9)13-1)11-12(17-10)16-4-3-15-11/h1-6H. The molecule has 3 aromatic heterocycles. The fourth-order valence-corrected chi connectivity index (χ4v) is 1.95. The van der Waals surface area contributed by atoms with Gasteiger partial charge < -0.3 is 4.42 Å². The van der Waals surface area contributed by atoms with Gasteiger partial charge >= 0.3 is 0 Å². The Morgan fingerprint density at radius 1 is 0.765 bits per heavy atom. The van der Waals surface area contributed by atoms with Crippen molar-refractivity contribution in [3.8, 4) is 0 Å². The van der Waals surface area contributed by atoms with E-state index in [1.807, 2.05) is 12.1 Å². The number of aromatic nitrogens is 4. The first kappa shape index (κ1) is 8.58. The van der Waals surface area contributed by atoms with Gasteiger partial charge in [0.2, 0.25) is 5.71 Å². The minimum absolute atomic E-state index is 0.540. The average Bonchev–Trinajstić information content (AvgIpc) is 2.73. The van der Waals surface area contributed by atoms with Gasteiger partial charge in [0.25, 0.3) is 0 Å². The fourth-order valence-electron chi connectivity index (χ4n) is 1.95. The van der Waals surface area contributed by atoms with Crippen molar-refractivity contribution in [2.45, 2.75) is 0 Å². The smallest absolute Gasteiger partial charge is 0.246 e. The maximum atomic E-state index is 5.62. The maximum absolute atomic E-state index is 5.62. The molecule has 0 fully saturated rings. The Kier molecular flexibility index (Phi) is 1.50. The van der Waals surface area contributed by atoms with Crippen molar-refractivity contribution in [2.24, 2.45) is 0 Å². The van der Waals surface area contributed by atoms with E-state index in [1.165, 1.54) is 0 Å². The lowest BCUT2D eigenvalue weighted by molar-refractivity contribution is 0.653. The summed E-state index contributed by atoms with van der Waals surface area (Å²) in [6, 6.07) is 3.79. The van der Waals surface area contributed by atoms with E-state index in [1.54, 1.807) is 24.8 Å². The van der Waals surface area contributed by atoms with Crippen LogP contribution < -0.4 is 0 Å². The van der Waals surface area contributed by atoms with Crippen LogP contribution in [0.3, 0.4) is 0 Å². The molecular weight excluding hydrogens is 216 g/mol. The molecule has 0 spiro atoms. The lowest BCUT2D eigenvalue weighted by Crippen LogP contribution is -1.81. The molecule has 0 atom stereocenters. The van der Waals surface area contributed by atoms with Crippen molar-refractivity contribution < 1.29 is 4.42 Å². The van der Waals surface area contributed by atoms with Gasteiger partial charge in [0.15, 0.2) is 0 Å². The van der Waals surface area contributed by atoms with Crippen molar-refractivity contribution in [3.63, 3.8) is 0 Å². The molecule has 4 aromatic rings.